The van der Waals surface area contributed by atoms with Crippen molar-refractivity contribution in [1.29, 1.82) is 0 Å². The first-order chi connectivity index (χ1) is 17.6. The van der Waals surface area contributed by atoms with Gasteiger partial charge in [-0.15, -0.1) is 11.8 Å². The standard InChI is InChI=1S/C30H34ClFN2O2S/c1-30(2,3)33-29(36)27(20-22-10-5-4-6-11-22)34(21-23-12-7-8-13-26(23)32)28(35)14-9-19-37-25-17-15-24(31)16-18-25/h4-8,10-13,15-18,27H,9,14,19-21H2,1-3H3,(H,33,36). The number of carbonyl (C=O) groups excluding carboxylic acids is 2. The zero-order chi connectivity index (χ0) is 26.8. The number of benzene rings is 3. The number of amides is 2. The molecule has 0 aliphatic carbocycles. The van der Waals surface area contributed by atoms with Gasteiger partial charge in [0.25, 0.3) is 0 Å². The smallest absolute Gasteiger partial charge is 0.243 e. The van der Waals surface area contributed by atoms with E-state index in [1.807, 2.05) is 75.4 Å². The molecule has 3 aromatic carbocycles. The van der Waals surface area contributed by atoms with Crippen molar-refractivity contribution in [2.75, 3.05) is 5.75 Å². The van der Waals surface area contributed by atoms with Gasteiger partial charge in [0.15, 0.2) is 0 Å². The van der Waals surface area contributed by atoms with Crippen LogP contribution in [0.25, 0.3) is 0 Å². The summed E-state index contributed by atoms with van der Waals surface area (Å²) in [5, 5.41) is 3.71. The fourth-order valence-electron chi connectivity index (χ4n) is 3.90. The number of nitrogens with zero attached hydrogens (tertiary/aromatic N) is 1. The second-order valence-electron chi connectivity index (χ2n) is 9.96. The van der Waals surface area contributed by atoms with E-state index in [4.69, 9.17) is 11.6 Å². The van der Waals surface area contributed by atoms with Crippen molar-refractivity contribution in [3.05, 3.63) is 101 Å². The van der Waals surface area contributed by atoms with Crippen molar-refractivity contribution in [3.63, 3.8) is 0 Å². The Labute approximate surface area is 228 Å². The molecule has 1 N–H and O–H groups in total. The lowest BCUT2D eigenvalue weighted by atomic mass is 10.00. The Morgan fingerprint density at radius 1 is 0.973 bits per heavy atom. The normalized spacial score (nSPS) is 12.1. The molecule has 0 fully saturated rings. The van der Waals surface area contributed by atoms with Crippen LogP contribution < -0.4 is 5.32 Å². The third kappa shape index (κ3) is 9.52. The van der Waals surface area contributed by atoms with E-state index in [0.29, 0.717) is 23.4 Å². The van der Waals surface area contributed by atoms with Crippen LogP contribution in [-0.4, -0.2) is 34.0 Å². The van der Waals surface area contributed by atoms with Gasteiger partial charge in [0.2, 0.25) is 11.8 Å². The highest BCUT2D eigenvalue weighted by Gasteiger charge is 2.32. The number of rotatable bonds is 11. The van der Waals surface area contributed by atoms with E-state index in [1.54, 1.807) is 34.9 Å². The van der Waals surface area contributed by atoms with Crippen LogP contribution in [-0.2, 0) is 22.6 Å². The highest BCUT2D eigenvalue weighted by molar-refractivity contribution is 7.99. The summed E-state index contributed by atoms with van der Waals surface area (Å²) in [6.45, 7) is 5.73. The second-order valence-corrected chi connectivity index (χ2v) is 11.6. The number of hydrogen-bond donors (Lipinski definition) is 1. The van der Waals surface area contributed by atoms with E-state index < -0.39 is 17.4 Å². The topological polar surface area (TPSA) is 49.4 Å². The Morgan fingerprint density at radius 3 is 2.27 bits per heavy atom. The molecule has 0 aliphatic rings. The summed E-state index contributed by atoms with van der Waals surface area (Å²) < 4.78 is 14.6. The van der Waals surface area contributed by atoms with Crippen LogP contribution >= 0.6 is 23.4 Å². The fraction of sp³-hybridized carbons (Fsp3) is 0.333. The van der Waals surface area contributed by atoms with Gasteiger partial charge in [-0.2, -0.15) is 0 Å². The van der Waals surface area contributed by atoms with Gasteiger partial charge in [-0.1, -0.05) is 60.1 Å². The molecule has 196 valence electrons. The number of thioether (sulfide) groups is 1. The molecule has 0 saturated carbocycles. The second kappa shape index (κ2) is 13.6. The van der Waals surface area contributed by atoms with Gasteiger partial charge in [0.05, 0.1) is 0 Å². The Morgan fingerprint density at radius 2 is 1.62 bits per heavy atom. The van der Waals surface area contributed by atoms with Gasteiger partial charge in [0, 0.05) is 40.4 Å². The molecule has 3 aromatic rings. The third-order valence-electron chi connectivity index (χ3n) is 5.69. The molecule has 0 bridgehead atoms. The Balaban J connectivity index is 1.81. The summed E-state index contributed by atoms with van der Waals surface area (Å²) in [6.07, 6.45) is 1.21. The monoisotopic (exact) mass is 540 g/mol. The average Bonchev–Trinajstić information content (AvgIpc) is 2.85. The van der Waals surface area contributed by atoms with Crippen molar-refractivity contribution in [3.8, 4) is 0 Å². The molecule has 37 heavy (non-hydrogen) atoms. The first-order valence-electron chi connectivity index (χ1n) is 12.4. The summed E-state index contributed by atoms with van der Waals surface area (Å²) in [5.41, 5.74) is 0.836. The molecule has 0 saturated heterocycles. The van der Waals surface area contributed by atoms with E-state index in [-0.39, 0.29) is 24.8 Å². The number of hydrogen-bond acceptors (Lipinski definition) is 3. The molecular formula is C30H34ClFN2O2S. The predicted molar refractivity (Wildman–Crippen MR) is 150 cm³/mol. The van der Waals surface area contributed by atoms with Crippen molar-refractivity contribution < 1.29 is 14.0 Å². The van der Waals surface area contributed by atoms with Crippen LogP contribution in [0.4, 0.5) is 4.39 Å². The number of halogens is 2. The molecule has 1 unspecified atom stereocenters. The molecule has 0 spiro atoms. The van der Waals surface area contributed by atoms with Crippen LogP contribution in [0.1, 0.15) is 44.7 Å². The minimum absolute atomic E-state index is 0.0187. The highest BCUT2D eigenvalue weighted by atomic mass is 35.5. The molecule has 0 heterocycles. The van der Waals surface area contributed by atoms with Crippen LogP contribution in [0.3, 0.4) is 0 Å². The predicted octanol–water partition coefficient (Wildman–Crippen LogP) is 6.91. The SMILES string of the molecule is CC(C)(C)NC(=O)C(Cc1ccccc1)N(Cc1ccccc1F)C(=O)CCCSc1ccc(Cl)cc1. The van der Waals surface area contributed by atoms with Crippen LogP contribution in [0.5, 0.6) is 0 Å². The molecule has 1 atom stereocenters. The van der Waals surface area contributed by atoms with Gasteiger partial charge in [-0.05, 0) is 68.8 Å². The minimum Gasteiger partial charge on any atom is -0.350 e. The molecule has 0 radical (unpaired) electrons. The summed E-state index contributed by atoms with van der Waals surface area (Å²) in [5.74, 6) is -0.0897. The summed E-state index contributed by atoms with van der Waals surface area (Å²) in [7, 11) is 0. The zero-order valence-electron chi connectivity index (χ0n) is 21.5. The van der Waals surface area contributed by atoms with Crippen molar-refractivity contribution in [2.45, 2.75) is 63.1 Å². The van der Waals surface area contributed by atoms with Crippen LogP contribution in [0.2, 0.25) is 5.02 Å². The van der Waals surface area contributed by atoms with Gasteiger partial charge in [-0.3, -0.25) is 9.59 Å². The Bertz CT molecular complexity index is 1170. The van der Waals surface area contributed by atoms with Crippen LogP contribution in [0, 0.1) is 5.82 Å². The maximum absolute atomic E-state index is 14.6. The molecule has 0 aromatic heterocycles. The highest BCUT2D eigenvalue weighted by Crippen LogP contribution is 2.23. The van der Waals surface area contributed by atoms with Crippen molar-refractivity contribution in [2.24, 2.45) is 0 Å². The molecular weight excluding hydrogens is 507 g/mol. The Hall–Kier alpha value is -2.83. The quantitative estimate of drug-likeness (QED) is 0.212. The minimum atomic E-state index is -0.780. The third-order valence-corrected chi connectivity index (χ3v) is 7.04. The van der Waals surface area contributed by atoms with Gasteiger partial charge in [-0.25, -0.2) is 4.39 Å². The van der Waals surface area contributed by atoms with E-state index in [2.05, 4.69) is 5.32 Å². The van der Waals surface area contributed by atoms with Crippen LogP contribution in [0.15, 0.2) is 83.8 Å². The molecule has 4 nitrogen and oxygen atoms in total. The lowest BCUT2D eigenvalue weighted by Gasteiger charge is -2.34. The Kier molecular flexibility index (Phi) is 10.6. The van der Waals surface area contributed by atoms with E-state index in [1.165, 1.54) is 6.07 Å². The van der Waals surface area contributed by atoms with Crippen molar-refractivity contribution in [1.82, 2.24) is 10.2 Å². The maximum Gasteiger partial charge on any atom is 0.243 e. The molecule has 3 rings (SSSR count). The lowest BCUT2D eigenvalue weighted by molar-refractivity contribution is -0.142. The first kappa shape index (κ1) is 28.7. The molecule has 2 amide bonds. The number of nitrogens with one attached hydrogen (secondary N) is 1. The summed E-state index contributed by atoms with van der Waals surface area (Å²) in [6, 6.07) is 22.8. The first-order valence-corrected chi connectivity index (χ1v) is 13.8. The van der Waals surface area contributed by atoms with Crippen molar-refractivity contribution >= 4 is 35.2 Å². The number of carbonyl (C=O) groups is 2. The zero-order valence-corrected chi connectivity index (χ0v) is 23.1. The lowest BCUT2D eigenvalue weighted by Crippen LogP contribution is -2.54. The van der Waals surface area contributed by atoms with Gasteiger partial charge in [0.1, 0.15) is 11.9 Å². The average molecular weight is 541 g/mol. The van der Waals surface area contributed by atoms with Gasteiger partial charge >= 0.3 is 0 Å². The van der Waals surface area contributed by atoms with E-state index in [0.717, 1.165) is 16.2 Å². The maximum atomic E-state index is 14.6. The fourth-order valence-corrected chi connectivity index (χ4v) is 4.88. The largest absolute Gasteiger partial charge is 0.350 e. The summed E-state index contributed by atoms with van der Waals surface area (Å²) >= 11 is 7.61. The molecule has 7 heteroatoms. The summed E-state index contributed by atoms with van der Waals surface area (Å²) in [4.78, 5) is 29.7. The molecule has 0 aliphatic heterocycles. The van der Waals surface area contributed by atoms with Gasteiger partial charge < -0.3 is 10.2 Å². The van der Waals surface area contributed by atoms with E-state index >= 15 is 0 Å². The van der Waals surface area contributed by atoms with E-state index in [9.17, 15) is 14.0 Å².